The number of thiophene rings is 1. The van der Waals surface area contributed by atoms with Crippen molar-refractivity contribution in [1.82, 2.24) is 5.32 Å². The number of benzene rings is 1. The van der Waals surface area contributed by atoms with Crippen LogP contribution in [-0.2, 0) is 22.4 Å². The average Bonchev–Trinajstić information content (AvgIpc) is 3.22. The Morgan fingerprint density at radius 2 is 2.00 bits per heavy atom. The molecule has 0 radical (unpaired) electrons. The molecule has 0 spiro atoms. The SMILES string of the molecule is O=C(NC1(C(=O)O)CCOC1)c1cc2c(s1)-c1ccccc1CC2. The van der Waals surface area contributed by atoms with Gasteiger partial charge in [-0.1, -0.05) is 24.3 Å². The molecule has 6 heteroatoms. The van der Waals surface area contributed by atoms with Crippen LogP contribution < -0.4 is 5.32 Å². The standard InChI is InChI=1S/C18H17NO4S/c20-16(19-18(17(21)22)7-8-23-10-18)14-9-12-6-5-11-3-1-2-4-13(11)15(12)24-14/h1-4,9H,5-8,10H2,(H,19,20)(H,21,22). The molecule has 0 saturated carbocycles. The summed E-state index contributed by atoms with van der Waals surface area (Å²) in [6.07, 6.45) is 2.17. The number of hydrogen-bond acceptors (Lipinski definition) is 4. The summed E-state index contributed by atoms with van der Waals surface area (Å²) in [5, 5.41) is 12.1. The first-order valence-corrected chi connectivity index (χ1v) is 8.75. The van der Waals surface area contributed by atoms with Crippen LogP contribution in [0, 0.1) is 0 Å². The lowest BCUT2D eigenvalue weighted by atomic mass is 9.91. The number of aryl methyl sites for hydroxylation is 2. The van der Waals surface area contributed by atoms with Crippen LogP contribution in [0.1, 0.15) is 27.2 Å². The first-order chi connectivity index (χ1) is 11.6. The van der Waals surface area contributed by atoms with E-state index in [0.29, 0.717) is 17.9 Å². The molecule has 2 N–H and O–H groups in total. The maximum Gasteiger partial charge on any atom is 0.331 e. The van der Waals surface area contributed by atoms with E-state index in [0.717, 1.165) is 23.3 Å². The van der Waals surface area contributed by atoms with E-state index in [1.54, 1.807) is 0 Å². The Hall–Kier alpha value is -2.18. The van der Waals surface area contributed by atoms with E-state index < -0.39 is 11.5 Å². The largest absolute Gasteiger partial charge is 0.479 e. The lowest BCUT2D eigenvalue weighted by Gasteiger charge is -2.23. The topological polar surface area (TPSA) is 75.6 Å². The Morgan fingerprint density at radius 3 is 2.75 bits per heavy atom. The van der Waals surface area contributed by atoms with Crippen molar-refractivity contribution in [3.05, 3.63) is 46.3 Å². The fraction of sp³-hybridized carbons (Fsp3) is 0.333. The normalized spacial score (nSPS) is 21.8. The highest BCUT2D eigenvalue weighted by molar-refractivity contribution is 7.17. The number of ether oxygens (including phenoxy) is 1. The maximum atomic E-state index is 12.6. The number of fused-ring (bicyclic) bond motifs is 3. The van der Waals surface area contributed by atoms with Gasteiger partial charge in [0.15, 0.2) is 5.54 Å². The molecule has 2 aliphatic rings. The summed E-state index contributed by atoms with van der Waals surface area (Å²) in [4.78, 5) is 25.9. The van der Waals surface area contributed by atoms with Crippen LogP contribution in [-0.4, -0.2) is 35.7 Å². The van der Waals surface area contributed by atoms with E-state index in [4.69, 9.17) is 4.74 Å². The highest BCUT2D eigenvalue weighted by Crippen LogP contribution is 2.39. The predicted octanol–water partition coefficient (Wildman–Crippen LogP) is 2.49. The van der Waals surface area contributed by atoms with Gasteiger partial charge in [-0.3, -0.25) is 4.79 Å². The van der Waals surface area contributed by atoms with E-state index in [1.807, 2.05) is 18.2 Å². The Labute approximate surface area is 143 Å². The second-order valence-electron chi connectivity index (χ2n) is 6.27. The molecule has 1 aromatic heterocycles. The summed E-state index contributed by atoms with van der Waals surface area (Å²) in [6.45, 7) is 0.364. The van der Waals surface area contributed by atoms with E-state index in [-0.39, 0.29) is 12.5 Å². The molecule has 1 saturated heterocycles. The van der Waals surface area contributed by atoms with Crippen molar-refractivity contribution in [2.45, 2.75) is 24.8 Å². The summed E-state index contributed by atoms with van der Waals surface area (Å²) >= 11 is 1.43. The molecular formula is C18H17NO4S. The lowest BCUT2D eigenvalue weighted by Crippen LogP contribution is -2.55. The van der Waals surface area contributed by atoms with Crippen LogP contribution in [0.15, 0.2) is 30.3 Å². The summed E-state index contributed by atoms with van der Waals surface area (Å²) in [6, 6.07) is 10.1. The quantitative estimate of drug-likeness (QED) is 0.898. The van der Waals surface area contributed by atoms with Crippen LogP contribution in [0.4, 0.5) is 0 Å². The number of carbonyl (C=O) groups is 2. The molecule has 124 valence electrons. The number of rotatable bonds is 3. The number of carbonyl (C=O) groups excluding carboxylic acids is 1. The van der Waals surface area contributed by atoms with Gasteiger partial charge in [-0.05, 0) is 35.6 Å². The third kappa shape index (κ3) is 2.42. The minimum Gasteiger partial charge on any atom is -0.479 e. The van der Waals surface area contributed by atoms with Gasteiger partial charge in [0.25, 0.3) is 5.91 Å². The monoisotopic (exact) mass is 343 g/mol. The molecule has 2 aromatic rings. The fourth-order valence-electron chi connectivity index (χ4n) is 3.35. The lowest BCUT2D eigenvalue weighted by molar-refractivity contribution is -0.144. The third-order valence-corrected chi connectivity index (χ3v) is 5.95. The van der Waals surface area contributed by atoms with Crippen molar-refractivity contribution >= 4 is 23.2 Å². The minimum absolute atomic E-state index is 0.0159. The maximum absolute atomic E-state index is 12.6. The minimum atomic E-state index is -1.31. The van der Waals surface area contributed by atoms with E-state index in [1.165, 1.54) is 22.5 Å². The highest BCUT2D eigenvalue weighted by Gasteiger charge is 2.44. The number of hydrogen-bond donors (Lipinski definition) is 2. The first-order valence-electron chi connectivity index (χ1n) is 7.94. The molecule has 1 fully saturated rings. The van der Waals surface area contributed by atoms with Crippen molar-refractivity contribution in [3.63, 3.8) is 0 Å². The zero-order valence-corrected chi connectivity index (χ0v) is 13.8. The smallest absolute Gasteiger partial charge is 0.331 e. The second kappa shape index (κ2) is 5.72. The number of carboxylic acids is 1. The van der Waals surface area contributed by atoms with Crippen molar-refractivity contribution in [3.8, 4) is 10.4 Å². The van der Waals surface area contributed by atoms with Gasteiger partial charge in [-0.15, -0.1) is 11.3 Å². The van der Waals surface area contributed by atoms with E-state index in [9.17, 15) is 14.7 Å². The average molecular weight is 343 g/mol. The van der Waals surface area contributed by atoms with Crippen LogP contribution in [0.25, 0.3) is 10.4 Å². The fourth-order valence-corrected chi connectivity index (χ4v) is 4.51. The van der Waals surface area contributed by atoms with Crippen molar-refractivity contribution in [2.24, 2.45) is 0 Å². The van der Waals surface area contributed by atoms with E-state index in [2.05, 4.69) is 17.4 Å². The van der Waals surface area contributed by atoms with Crippen LogP contribution in [0.5, 0.6) is 0 Å². The van der Waals surface area contributed by atoms with Crippen molar-refractivity contribution in [1.29, 1.82) is 0 Å². The van der Waals surface area contributed by atoms with Crippen molar-refractivity contribution < 1.29 is 19.4 Å². The third-order valence-electron chi connectivity index (χ3n) is 4.74. The zero-order chi connectivity index (χ0) is 16.7. The molecule has 1 aliphatic carbocycles. The van der Waals surface area contributed by atoms with Gasteiger partial charge in [-0.25, -0.2) is 4.79 Å². The summed E-state index contributed by atoms with van der Waals surface area (Å²) < 4.78 is 5.19. The summed E-state index contributed by atoms with van der Waals surface area (Å²) in [5.41, 5.74) is 2.33. The molecule has 24 heavy (non-hydrogen) atoms. The first kappa shape index (κ1) is 15.4. The van der Waals surface area contributed by atoms with Gasteiger partial charge in [0.1, 0.15) is 0 Å². The molecule has 5 nitrogen and oxygen atoms in total. The van der Waals surface area contributed by atoms with E-state index >= 15 is 0 Å². The summed E-state index contributed by atoms with van der Waals surface area (Å²) in [7, 11) is 0. The second-order valence-corrected chi connectivity index (χ2v) is 7.32. The van der Waals surface area contributed by atoms with Crippen LogP contribution >= 0.6 is 11.3 Å². The molecule has 4 rings (SSSR count). The molecular weight excluding hydrogens is 326 g/mol. The predicted molar refractivity (Wildman–Crippen MR) is 90.4 cm³/mol. The summed E-state index contributed by atoms with van der Waals surface area (Å²) in [5.74, 6) is -1.38. The van der Waals surface area contributed by atoms with Crippen molar-refractivity contribution in [2.75, 3.05) is 13.2 Å². The molecule has 0 bridgehead atoms. The van der Waals surface area contributed by atoms with Gasteiger partial charge >= 0.3 is 5.97 Å². The highest BCUT2D eigenvalue weighted by atomic mass is 32.1. The van der Waals surface area contributed by atoms with Crippen LogP contribution in [0.3, 0.4) is 0 Å². The molecule has 2 heterocycles. The van der Waals surface area contributed by atoms with Gasteiger partial charge in [-0.2, -0.15) is 0 Å². The Balaban J connectivity index is 1.64. The van der Waals surface area contributed by atoms with Gasteiger partial charge in [0.05, 0.1) is 11.5 Å². The molecule has 1 unspecified atom stereocenters. The zero-order valence-electron chi connectivity index (χ0n) is 13.0. The molecule has 1 amide bonds. The molecule has 1 aromatic carbocycles. The number of amides is 1. The number of nitrogens with one attached hydrogen (secondary N) is 1. The Bertz CT molecular complexity index is 820. The Kier molecular flexibility index (Phi) is 3.66. The molecule has 1 aliphatic heterocycles. The van der Waals surface area contributed by atoms with Gasteiger partial charge in [0.2, 0.25) is 0 Å². The van der Waals surface area contributed by atoms with Crippen LogP contribution in [0.2, 0.25) is 0 Å². The molecule has 1 atom stereocenters. The number of aliphatic carboxylic acids is 1. The number of carboxylic acid groups (broad SMARTS) is 1. The van der Waals surface area contributed by atoms with Gasteiger partial charge in [0, 0.05) is 17.9 Å². The Morgan fingerprint density at radius 1 is 1.21 bits per heavy atom. The van der Waals surface area contributed by atoms with Gasteiger partial charge < -0.3 is 15.2 Å².